The van der Waals surface area contributed by atoms with Crippen molar-refractivity contribution in [2.75, 3.05) is 6.54 Å². The molecule has 1 aromatic carbocycles. The third-order valence-electron chi connectivity index (χ3n) is 5.49. The zero-order chi connectivity index (χ0) is 15.6. The first-order chi connectivity index (χ1) is 10.6. The molecule has 2 N–H and O–H groups in total. The van der Waals surface area contributed by atoms with Gasteiger partial charge in [0, 0.05) is 17.0 Å². The number of rotatable bonds is 5. The molecule has 0 aromatic heterocycles. The van der Waals surface area contributed by atoms with Crippen LogP contribution in [0.2, 0.25) is 5.02 Å². The smallest absolute Gasteiger partial charge is 0.0808 e. The van der Waals surface area contributed by atoms with Crippen LogP contribution in [-0.2, 0) is 5.41 Å². The Hall–Kier alpha value is -0.990. The van der Waals surface area contributed by atoms with Gasteiger partial charge in [0.05, 0.1) is 6.10 Å². The quantitative estimate of drug-likeness (QED) is 0.842. The molecule has 2 saturated carbocycles. The maximum Gasteiger partial charge on any atom is 0.0808 e. The van der Waals surface area contributed by atoms with E-state index in [1.807, 2.05) is 12.1 Å². The van der Waals surface area contributed by atoms with Crippen molar-refractivity contribution in [2.45, 2.75) is 57.0 Å². The lowest BCUT2D eigenvalue weighted by molar-refractivity contribution is 0.0307. The standard InChI is InChI=1S/C19H26ClNO/c1-14-3-4-15(11-14)12-21-13-18(22)19(9-2-10-19)16-5-7-17(20)8-6-16/h5-8,12,14,18,21-22H,2-4,9-11,13H2,1H3/b15-12+. The number of allylic oxidation sites excluding steroid dienone is 1. The second-order valence-corrected chi connectivity index (χ2v) is 7.53. The van der Waals surface area contributed by atoms with Crippen molar-refractivity contribution in [2.24, 2.45) is 5.92 Å². The van der Waals surface area contributed by atoms with E-state index >= 15 is 0 Å². The van der Waals surface area contributed by atoms with Gasteiger partial charge >= 0.3 is 0 Å². The molecule has 22 heavy (non-hydrogen) atoms. The molecule has 2 aliphatic carbocycles. The molecule has 3 rings (SSSR count). The summed E-state index contributed by atoms with van der Waals surface area (Å²) in [4.78, 5) is 0. The fourth-order valence-electron chi connectivity index (χ4n) is 3.88. The molecular formula is C19H26ClNO. The summed E-state index contributed by atoms with van der Waals surface area (Å²) >= 11 is 5.99. The van der Waals surface area contributed by atoms with Crippen LogP contribution in [0.3, 0.4) is 0 Å². The van der Waals surface area contributed by atoms with E-state index in [-0.39, 0.29) is 11.5 Å². The third-order valence-corrected chi connectivity index (χ3v) is 5.74. The Morgan fingerprint density at radius 2 is 2.09 bits per heavy atom. The molecule has 0 saturated heterocycles. The second kappa shape index (κ2) is 6.64. The summed E-state index contributed by atoms with van der Waals surface area (Å²) in [6.45, 7) is 2.93. The average Bonchev–Trinajstić information content (AvgIpc) is 2.85. The minimum Gasteiger partial charge on any atom is -0.390 e. The number of halogens is 1. The molecule has 0 aliphatic heterocycles. The van der Waals surface area contributed by atoms with Gasteiger partial charge in [-0.25, -0.2) is 0 Å². The fourth-order valence-corrected chi connectivity index (χ4v) is 4.00. The SMILES string of the molecule is CC1CC/C(=C\NCC(O)C2(c3ccc(Cl)cc3)CCC2)C1. The molecule has 2 fully saturated rings. The first-order valence-corrected chi connectivity index (χ1v) is 8.83. The van der Waals surface area contributed by atoms with Crippen LogP contribution in [0.1, 0.15) is 51.0 Å². The van der Waals surface area contributed by atoms with E-state index in [2.05, 4.69) is 30.6 Å². The van der Waals surface area contributed by atoms with Crippen molar-refractivity contribution >= 4 is 11.6 Å². The summed E-state index contributed by atoms with van der Waals surface area (Å²) < 4.78 is 0. The zero-order valence-corrected chi connectivity index (χ0v) is 14.1. The molecular weight excluding hydrogens is 294 g/mol. The Labute approximate surface area is 138 Å². The first kappa shape index (κ1) is 15.9. The molecule has 0 heterocycles. The van der Waals surface area contributed by atoms with E-state index < -0.39 is 0 Å². The average molecular weight is 320 g/mol. The molecule has 2 unspecified atom stereocenters. The normalized spacial score (nSPS) is 26.7. The highest BCUT2D eigenvalue weighted by molar-refractivity contribution is 6.30. The second-order valence-electron chi connectivity index (χ2n) is 7.09. The van der Waals surface area contributed by atoms with Crippen LogP contribution >= 0.6 is 11.6 Å². The largest absolute Gasteiger partial charge is 0.390 e. The lowest BCUT2D eigenvalue weighted by Gasteiger charge is -2.46. The highest BCUT2D eigenvalue weighted by Crippen LogP contribution is 2.46. The van der Waals surface area contributed by atoms with Crippen molar-refractivity contribution in [1.82, 2.24) is 5.32 Å². The monoisotopic (exact) mass is 319 g/mol. The molecule has 2 aliphatic rings. The predicted octanol–water partition coefficient (Wildman–Crippen LogP) is 4.42. The van der Waals surface area contributed by atoms with E-state index in [9.17, 15) is 5.11 Å². The van der Waals surface area contributed by atoms with Gasteiger partial charge in [0.1, 0.15) is 0 Å². The van der Waals surface area contributed by atoms with Crippen molar-refractivity contribution in [1.29, 1.82) is 0 Å². The third kappa shape index (κ3) is 3.18. The van der Waals surface area contributed by atoms with Crippen molar-refractivity contribution < 1.29 is 5.11 Å². The highest BCUT2D eigenvalue weighted by Gasteiger charge is 2.44. The number of nitrogens with one attached hydrogen (secondary N) is 1. The fraction of sp³-hybridized carbons (Fsp3) is 0.579. The molecule has 0 bridgehead atoms. The minimum atomic E-state index is -0.349. The number of aliphatic hydroxyl groups excluding tert-OH is 1. The summed E-state index contributed by atoms with van der Waals surface area (Å²) in [5.41, 5.74) is 2.63. The van der Waals surface area contributed by atoms with Gasteiger partial charge in [-0.3, -0.25) is 0 Å². The Bertz CT molecular complexity index is 533. The lowest BCUT2D eigenvalue weighted by atomic mass is 9.61. The van der Waals surface area contributed by atoms with Crippen LogP contribution in [0, 0.1) is 5.92 Å². The number of hydrogen-bond donors (Lipinski definition) is 2. The maximum atomic E-state index is 10.7. The summed E-state index contributed by atoms with van der Waals surface area (Å²) in [6, 6.07) is 8.00. The summed E-state index contributed by atoms with van der Waals surface area (Å²) in [5.74, 6) is 0.810. The number of hydrogen-bond acceptors (Lipinski definition) is 2. The number of benzene rings is 1. The van der Waals surface area contributed by atoms with Crippen molar-refractivity contribution in [3.05, 3.63) is 46.6 Å². The van der Waals surface area contributed by atoms with Crippen molar-refractivity contribution in [3.8, 4) is 0 Å². The van der Waals surface area contributed by atoms with E-state index in [0.29, 0.717) is 6.54 Å². The molecule has 3 heteroatoms. The Balaban J connectivity index is 1.62. The maximum absolute atomic E-state index is 10.7. The summed E-state index contributed by atoms with van der Waals surface area (Å²) in [7, 11) is 0. The Morgan fingerprint density at radius 3 is 2.64 bits per heavy atom. The van der Waals surface area contributed by atoms with Gasteiger partial charge in [-0.05, 0) is 61.9 Å². The van der Waals surface area contributed by atoms with Gasteiger partial charge in [-0.15, -0.1) is 0 Å². The molecule has 0 amide bonds. The van der Waals surface area contributed by atoms with E-state index in [1.54, 1.807) is 0 Å². The zero-order valence-electron chi connectivity index (χ0n) is 13.3. The van der Waals surface area contributed by atoms with Crippen LogP contribution in [0.5, 0.6) is 0 Å². The Morgan fingerprint density at radius 1 is 1.36 bits per heavy atom. The van der Waals surface area contributed by atoms with E-state index in [1.165, 1.54) is 36.8 Å². The van der Waals surface area contributed by atoms with Crippen LogP contribution in [0.15, 0.2) is 36.0 Å². The van der Waals surface area contributed by atoms with Crippen LogP contribution in [0.4, 0.5) is 0 Å². The van der Waals surface area contributed by atoms with Gasteiger partial charge in [0.15, 0.2) is 0 Å². The minimum absolute atomic E-state index is 0.0843. The number of aliphatic hydroxyl groups is 1. The molecule has 1 aromatic rings. The van der Waals surface area contributed by atoms with Gasteiger partial charge < -0.3 is 10.4 Å². The van der Waals surface area contributed by atoms with Crippen LogP contribution < -0.4 is 5.32 Å². The highest BCUT2D eigenvalue weighted by atomic mass is 35.5. The summed E-state index contributed by atoms with van der Waals surface area (Å²) in [6.07, 6.45) is 8.80. The lowest BCUT2D eigenvalue weighted by Crippen LogP contribution is -2.49. The first-order valence-electron chi connectivity index (χ1n) is 8.45. The van der Waals surface area contributed by atoms with Crippen molar-refractivity contribution in [3.63, 3.8) is 0 Å². The van der Waals surface area contributed by atoms with Gasteiger partial charge in [0.25, 0.3) is 0 Å². The van der Waals surface area contributed by atoms with E-state index in [4.69, 9.17) is 11.6 Å². The van der Waals surface area contributed by atoms with Crippen LogP contribution in [0.25, 0.3) is 0 Å². The van der Waals surface area contributed by atoms with Crippen LogP contribution in [-0.4, -0.2) is 17.8 Å². The molecule has 2 atom stereocenters. The summed E-state index contributed by atoms with van der Waals surface area (Å²) in [5, 5.41) is 14.9. The Kier molecular flexibility index (Phi) is 4.79. The molecule has 0 radical (unpaired) electrons. The van der Waals surface area contributed by atoms with Gasteiger partial charge in [-0.1, -0.05) is 42.7 Å². The topological polar surface area (TPSA) is 32.3 Å². The molecule has 0 spiro atoms. The van der Waals surface area contributed by atoms with E-state index in [0.717, 1.165) is 23.8 Å². The molecule has 120 valence electrons. The molecule has 2 nitrogen and oxygen atoms in total. The van der Waals surface area contributed by atoms with Gasteiger partial charge in [0.2, 0.25) is 0 Å². The predicted molar refractivity (Wildman–Crippen MR) is 92.1 cm³/mol. The van der Waals surface area contributed by atoms with Gasteiger partial charge in [-0.2, -0.15) is 0 Å².